The molecule has 2 unspecified atom stereocenters. The minimum atomic E-state index is -0.0659. The summed E-state index contributed by atoms with van der Waals surface area (Å²) in [6.45, 7) is 0. The average molecular weight is 266 g/mol. The maximum absolute atomic E-state index is 12.1. The standard InChI is InChI=1S/C17H30O2/c18-16-13-9-7-5-3-1-2-4-6-8-11-15-12-10-14-17(16)19-15/h15,17H,1-14H2. The van der Waals surface area contributed by atoms with Crippen LogP contribution in [0, 0.1) is 0 Å². The zero-order valence-corrected chi connectivity index (χ0v) is 12.4. The molecule has 0 aromatic heterocycles. The average Bonchev–Trinajstić information content (AvgIpc) is 2.44. The van der Waals surface area contributed by atoms with Crippen LogP contribution in [-0.4, -0.2) is 18.0 Å². The third kappa shape index (κ3) is 5.64. The number of fused-ring (bicyclic) bond motifs is 2. The van der Waals surface area contributed by atoms with Crippen molar-refractivity contribution in [3.8, 4) is 0 Å². The molecule has 19 heavy (non-hydrogen) atoms. The Labute approximate surface area is 118 Å². The van der Waals surface area contributed by atoms with Gasteiger partial charge in [0, 0.05) is 6.42 Å². The minimum absolute atomic E-state index is 0.0659. The SMILES string of the molecule is O=C1CCCCCCCCCCCC2CCCC1O2. The molecule has 2 nitrogen and oxygen atoms in total. The van der Waals surface area contributed by atoms with E-state index in [0.29, 0.717) is 11.9 Å². The van der Waals surface area contributed by atoms with Crippen LogP contribution in [0.15, 0.2) is 0 Å². The predicted octanol–water partition coefficient (Wildman–Crippen LogP) is 4.80. The summed E-state index contributed by atoms with van der Waals surface area (Å²) < 4.78 is 6.03. The van der Waals surface area contributed by atoms with E-state index in [1.54, 1.807) is 0 Å². The monoisotopic (exact) mass is 266 g/mol. The maximum atomic E-state index is 12.1. The summed E-state index contributed by atoms with van der Waals surface area (Å²) in [6.07, 6.45) is 17.3. The highest BCUT2D eigenvalue weighted by molar-refractivity contribution is 5.83. The van der Waals surface area contributed by atoms with Crippen molar-refractivity contribution in [2.24, 2.45) is 0 Å². The number of rotatable bonds is 0. The normalized spacial score (nSPS) is 32.3. The molecular formula is C17H30O2. The molecular weight excluding hydrogens is 236 g/mol. The van der Waals surface area contributed by atoms with E-state index >= 15 is 0 Å². The summed E-state index contributed by atoms with van der Waals surface area (Å²) in [5, 5.41) is 0. The number of Topliss-reactive ketones (excluding diaryl/α,β-unsaturated/α-hetero) is 1. The molecule has 2 heterocycles. The summed E-state index contributed by atoms with van der Waals surface area (Å²) >= 11 is 0. The van der Waals surface area contributed by atoms with Gasteiger partial charge < -0.3 is 4.74 Å². The molecule has 0 spiro atoms. The molecule has 110 valence electrons. The van der Waals surface area contributed by atoms with Gasteiger partial charge in [0.15, 0.2) is 5.78 Å². The molecule has 2 heteroatoms. The number of ketones is 1. The minimum Gasteiger partial charge on any atom is -0.367 e. The van der Waals surface area contributed by atoms with Crippen LogP contribution in [0.2, 0.25) is 0 Å². The summed E-state index contributed by atoms with van der Waals surface area (Å²) in [5.41, 5.74) is 0. The lowest BCUT2D eigenvalue weighted by Crippen LogP contribution is -2.33. The van der Waals surface area contributed by atoms with Gasteiger partial charge in [-0.1, -0.05) is 51.4 Å². The van der Waals surface area contributed by atoms with Gasteiger partial charge in [-0.3, -0.25) is 4.79 Å². The molecule has 2 fully saturated rings. The Morgan fingerprint density at radius 2 is 1.26 bits per heavy atom. The van der Waals surface area contributed by atoms with Crippen molar-refractivity contribution in [3.05, 3.63) is 0 Å². The van der Waals surface area contributed by atoms with E-state index in [1.165, 1.54) is 70.6 Å². The van der Waals surface area contributed by atoms with Crippen molar-refractivity contribution >= 4 is 5.78 Å². The highest BCUT2D eigenvalue weighted by Crippen LogP contribution is 2.25. The largest absolute Gasteiger partial charge is 0.367 e. The lowest BCUT2D eigenvalue weighted by atomic mass is 9.96. The fourth-order valence-corrected chi connectivity index (χ4v) is 3.42. The number of carbonyl (C=O) groups is 1. The van der Waals surface area contributed by atoms with Gasteiger partial charge in [0.1, 0.15) is 6.10 Å². The van der Waals surface area contributed by atoms with Crippen molar-refractivity contribution in [2.75, 3.05) is 0 Å². The molecule has 2 rings (SSSR count). The number of hydrogen-bond donors (Lipinski definition) is 0. The summed E-state index contributed by atoms with van der Waals surface area (Å²) in [6, 6.07) is 0. The van der Waals surface area contributed by atoms with Crippen molar-refractivity contribution < 1.29 is 9.53 Å². The van der Waals surface area contributed by atoms with Crippen LogP contribution in [0.1, 0.15) is 89.9 Å². The molecule has 2 bridgehead atoms. The first-order valence-corrected chi connectivity index (χ1v) is 8.54. The van der Waals surface area contributed by atoms with Gasteiger partial charge in [-0.25, -0.2) is 0 Å². The lowest BCUT2D eigenvalue weighted by Gasteiger charge is -2.29. The van der Waals surface area contributed by atoms with Gasteiger partial charge in [0.2, 0.25) is 0 Å². The van der Waals surface area contributed by atoms with Crippen LogP contribution in [0.25, 0.3) is 0 Å². The Hall–Kier alpha value is -0.370. The molecule has 0 saturated carbocycles. The second-order valence-electron chi connectivity index (χ2n) is 6.36. The Kier molecular flexibility index (Phi) is 6.91. The summed E-state index contributed by atoms with van der Waals surface area (Å²) in [4.78, 5) is 12.1. The van der Waals surface area contributed by atoms with Gasteiger partial charge in [-0.05, 0) is 32.1 Å². The zero-order chi connectivity index (χ0) is 13.3. The van der Waals surface area contributed by atoms with Gasteiger partial charge in [0.25, 0.3) is 0 Å². The van der Waals surface area contributed by atoms with E-state index in [4.69, 9.17) is 4.74 Å². The fraction of sp³-hybridized carbons (Fsp3) is 0.941. The molecule has 2 aliphatic heterocycles. The van der Waals surface area contributed by atoms with E-state index in [-0.39, 0.29) is 6.10 Å². The van der Waals surface area contributed by atoms with Crippen LogP contribution < -0.4 is 0 Å². The molecule has 0 amide bonds. The second kappa shape index (κ2) is 8.73. The lowest BCUT2D eigenvalue weighted by molar-refractivity contribution is -0.139. The molecule has 0 aliphatic carbocycles. The first kappa shape index (κ1) is 15.0. The first-order chi connectivity index (χ1) is 9.36. The van der Waals surface area contributed by atoms with Crippen molar-refractivity contribution in [1.29, 1.82) is 0 Å². The Bertz CT molecular complexity index is 262. The highest BCUT2D eigenvalue weighted by Gasteiger charge is 2.26. The van der Waals surface area contributed by atoms with Gasteiger partial charge >= 0.3 is 0 Å². The second-order valence-corrected chi connectivity index (χ2v) is 6.36. The van der Waals surface area contributed by atoms with E-state index < -0.39 is 0 Å². The summed E-state index contributed by atoms with van der Waals surface area (Å²) in [7, 11) is 0. The van der Waals surface area contributed by atoms with E-state index in [0.717, 1.165) is 19.3 Å². The molecule has 0 aromatic rings. The van der Waals surface area contributed by atoms with Gasteiger partial charge in [0.05, 0.1) is 6.10 Å². The molecule has 2 atom stereocenters. The molecule has 0 N–H and O–H groups in total. The Morgan fingerprint density at radius 1 is 0.684 bits per heavy atom. The van der Waals surface area contributed by atoms with E-state index in [1.807, 2.05) is 0 Å². The van der Waals surface area contributed by atoms with E-state index in [2.05, 4.69) is 0 Å². The van der Waals surface area contributed by atoms with Gasteiger partial charge in [-0.2, -0.15) is 0 Å². The number of hydrogen-bond acceptors (Lipinski definition) is 2. The quantitative estimate of drug-likeness (QED) is 0.629. The van der Waals surface area contributed by atoms with Crippen LogP contribution in [0.3, 0.4) is 0 Å². The van der Waals surface area contributed by atoms with Crippen molar-refractivity contribution in [1.82, 2.24) is 0 Å². The van der Waals surface area contributed by atoms with Crippen LogP contribution >= 0.6 is 0 Å². The van der Waals surface area contributed by atoms with Crippen molar-refractivity contribution in [3.63, 3.8) is 0 Å². The number of ether oxygens (including phenoxy) is 1. The third-order valence-electron chi connectivity index (χ3n) is 4.66. The Morgan fingerprint density at radius 3 is 2.00 bits per heavy atom. The molecule has 0 radical (unpaired) electrons. The maximum Gasteiger partial charge on any atom is 0.161 e. The first-order valence-electron chi connectivity index (χ1n) is 8.54. The summed E-state index contributed by atoms with van der Waals surface area (Å²) in [5.74, 6) is 0.375. The third-order valence-corrected chi connectivity index (χ3v) is 4.66. The predicted molar refractivity (Wildman–Crippen MR) is 78.3 cm³/mol. The van der Waals surface area contributed by atoms with E-state index in [9.17, 15) is 4.79 Å². The zero-order valence-electron chi connectivity index (χ0n) is 12.4. The highest BCUT2D eigenvalue weighted by atomic mass is 16.5. The number of carbonyl (C=O) groups excluding carboxylic acids is 1. The Balaban J connectivity index is 1.81. The molecule has 2 saturated heterocycles. The molecule has 2 aliphatic rings. The van der Waals surface area contributed by atoms with Crippen molar-refractivity contribution in [2.45, 2.75) is 102 Å². The topological polar surface area (TPSA) is 26.3 Å². The fourth-order valence-electron chi connectivity index (χ4n) is 3.42. The van der Waals surface area contributed by atoms with Crippen LogP contribution in [-0.2, 0) is 9.53 Å². The van der Waals surface area contributed by atoms with Crippen LogP contribution in [0.4, 0.5) is 0 Å². The molecule has 0 aromatic carbocycles. The smallest absolute Gasteiger partial charge is 0.161 e. The van der Waals surface area contributed by atoms with Crippen LogP contribution in [0.5, 0.6) is 0 Å². The van der Waals surface area contributed by atoms with Gasteiger partial charge in [-0.15, -0.1) is 0 Å².